The average Bonchev–Trinajstić information content (AvgIpc) is 2.65. The van der Waals surface area contributed by atoms with E-state index in [2.05, 4.69) is 26.2 Å². The number of carboxylic acid groups (broad SMARTS) is 1. The van der Waals surface area contributed by atoms with Crippen LogP contribution >= 0.6 is 27.5 Å². The maximum absolute atomic E-state index is 10.7. The predicted molar refractivity (Wildman–Crippen MR) is 65.4 cm³/mol. The Balaban J connectivity index is 2.46. The molecule has 0 saturated heterocycles. The zero-order valence-corrected chi connectivity index (χ0v) is 10.8. The lowest BCUT2D eigenvalue weighted by atomic mass is 10.3. The first-order chi connectivity index (χ1) is 8.08. The first-order valence-electron chi connectivity index (χ1n) is 4.64. The number of aliphatic carboxylic acids is 1. The molecule has 0 unspecified atom stereocenters. The van der Waals surface area contributed by atoms with Gasteiger partial charge in [-0.15, -0.1) is 5.10 Å². The molecule has 0 aliphatic heterocycles. The lowest BCUT2D eigenvalue weighted by Gasteiger charge is -2.07. The van der Waals surface area contributed by atoms with Crippen molar-refractivity contribution in [3.63, 3.8) is 0 Å². The van der Waals surface area contributed by atoms with E-state index in [0.29, 0.717) is 16.4 Å². The van der Waals surface area contributed by atoms with Crippen LogP contribution in [0, 0.1) is 0 Å². The molecule has 0 radical (unpaired) electrons. The molecule has 88 valence electrons. The third-order valence-corrected chi connectivity index (χ3v) is 2.96. The van der Waals surface area contributed by atoms with Crippen molar-refractivity contribution >= 4 is 33.5 Å². The standard InChI is InChI=1S/C10H7BrClN3O2/c11-8-3-6(12)1-2-9(8)15-7(4-10(16)17)5-13-14-15/h1-3,5H,4H2,(H,16,17). The Morgan fingerprint density at radius 3 is 2.94 bits per heavy atom. The highest BCUT2D eigenvalue weighted by Crippen LogP contribution is 2.25. The quantitative estimate of drug-likeness (QED) is 0.943. The molecule has 7 heteroatoms. The van der Waals surface area contributed by atoms with E-state index < -0.39 is 5.97 Å². The number of halogens is 2. The third kappa shape index (κ3) is 2.65. The van der Waals surface area contributed by atoms with Gasteiger partial charge in [0.15, 0.2) is 0 Å². The number of carbonyl (C=O) groups is 1. The van der Waals surface area contributed by atoms with E-state index in [1.54, 1.807) is 18.2 Å². The minimum Gasteiger partial charge on any atom is -0.481 e. The molecule has 0 spiro atoms. The molecule has 1 N–H and O–H groups in total. The molecule has 5 nitrogen and oxygen atoms in total. The average molecular weight is 317 g/mol. The first-order valence-corrected chi connectivity index (χ1v) is 5.82. The summed E-state index contributed by atoms with van der Waals surface area (Å²) in [5.41, 5.74) is 1.20. The second kappa shape index (κ2) is 4.85. The van der Waals surface area contributed by atoms with Gasteiger partial charge >= 0.3 is 5.97 Å². The molecule has 1 aromatic carbocycles. The summed E-state index contributed by atoms with van der Waals surface area (Å²) < 4.78 is 2.19. The number of rotatable bonds is 3. The molecule has 1 aromatic heterocycles. The van der Waals surface area contributed by atoms with Crippen LogP contribution in [0.4, 0.5) is 0 Å². The number of benzene rings is 1. The Kier molecular flexibility index (Phi) is 3.44. The van der Waals surface area contributed by atoms with E-state index in [1.165, 1.54) is 10.9 Å². The normalized spacial score (nSPS) is 10.5. The summed E-state index contributed by atoms with van der Waals surface area (Å²) in [6.07, 6.45) is 1.29. The van der Waals surface area contributed by atoms with Crippen LogP contribution in [0.5, 0.6) is 0 Å². The van der Waals surface area contributed by atoms with E-state index in [0.717, 1.165) is 4.47 Å². The van der Waals surface area contributed by atoms with Gasteiger partial charge in [0.25, 0.3) is 0 Å². The summed E-state index contributed by atoms with van der Waals surface area (Å²) in [4.78, 5) is 10.7. The van der Waals surface area contributed by atoms with Crippen molar-refractivity contribution in [1.82, 2.24) is 15.0 Å². The van der Waals surface area contributed by atoms with Crippen LogP contribution in [0.25, 0.3) is 5.69 Å². The second-order valence-electron chi connectivity index (χ2n) is 3.30. The summed E-state index contributed by atoms with van der Waals surface area (Å²) in [5.74, 6) is -0.932. The zero-order chi connectivity index (χ0) is 12.4. The van der Waals surface area contributed by atoms with Crippen LogP contribution < -0.4 is 0 Å². The van der Waals surface area contributed by atoms with Gasteiger partial charge in [-0.25, -0.2) is 4.68 Å². The molecule has 0 fully saturated rings. The van der Waals surface area contributed by atoms with Gasteiger partial charge in [0.2, 0.25) is 0 Å². The lowest BCUT2D eigenvalue weighted by Crippen LogP contribution is -2.08. The zero-order valence-electron chi connectivity index (χ0n) is 8.47. The molecule has 0 aliphatic carbocycles. The van der Waals surface area contributed by atoms with Crippen molar-refractivity contribution in [2.45, 2.75) is 6.42 Å². The molecule has 0 atom stereocenters. The van der Waals surface area contributed by atoms with Crippen molar-refractivity contribution in [3.8, 4) is 5.69 Å². The fraction of sp³-hybridized carbons (Fsp3) is 0.100. The Labute approximate surface area is 110 Å². The summed E-state index contributed by atoms with van der Waals surface area (Å²) in [7, 11) is 0. The molecule has 0 saturated carbocycles. The van der Waals surface area contributed by atoms with Crippen LogP contribution in [-0.2, 0) is 11.2 Å². The number of nitrogens with zero attached hydrogens (tertiary/aromatic N) is 3. The number of hydrogen-bond donors (Lipinski definition) is 1. The minimum absolute atomic E-state index is 0.137. The Morgan fingerprint density at radius 1 is 1.53 bits per heavy atom. The van der Waals surface area contributed by atoms with Gasteiger partial charge in [0.1, 0.15) is 0 Å². The molecule has 0 amide bonds. The van der Waals surface area contributed by atoms with Crippen molar-refractivity contribution in [3.05, 3.63) is 39.6 Å². The van der Waals surface area contributed by atoms with E-state index in [-0.39, 0.29) is 6.42 Å². The van der Waals surface area contributed by atoms with Gasteiger partial charge in [-0.05, 0) is 34.1 Å². The van der Waals surface area contributed by atoms with Crippen LogP contribution in [0.15, 0.2) is 28.9 Å². The van der Waals surface area contributed by atoms with Crippen molar-refractivity contribution in [2.75, 3.05) is 0 Å². The van der Waals surface area contributed by atoms with Gasteiger partial charge in [-0.3, -0.25) is 4.79 Å². The molecule has 0 aliphatic rings. The van der Waals surface area contributed by atoms with Crippen LogP contribution in [0.1, 0.15) is 5.69 Å². The highest BCUT2D eigenvalue weighted by atomic mass is 79.9. The van der Waals surface area contributed by atoms with Crippen molar-refractivity contribution < 1.29 is 9.90 Å². The van der Waals surface area contributed by atoms with Crippen LogP contribution in [0.3, 0.4) is 0 Å². The smallest absolute Gasteiger partial charge is 0.309 e. The maximum Gasteiger partial charge on any atom is 0.309 e. The SMILES string of the molecule is O=C(O)Cc1cnnn1-c1ccc(Cl)cc1Br. The summed E-state index contributed by atoms with van der Waals surface area (Å²) in [6.45, 7) is 0. The summed E-state index contributed by atoms with van der Waals surface area (Å²) >= 11 is 9.18. The van der Waals surface area contributed by atoms with Crippen LogP contribution in [-0.4, -0.2) is 26.1 Å². The number of carboxylic acids is 1. The monoisotopic (exact) mass is 315 g/mol. The second-order valence-corrected chi connectivity index (χ2v) is 4.59. The van der Waals surface area contributed by atoms with Crippen molar-refractivity contribution in [1.29, 1.82) is 0 Å². The summed E-state index contributed by atoms with van der Waals surface area (Å²) in [6, 6.07) is 5.16. The third-order valence-electron chi connectivity index (χ3n) is 2.09. The molecular weight excluding hydrogens is 309 g/mol. The lowest BCUT2D eigenvalue weighted by molar-refractivity contribution is -0.136. The predicted octanol–water partition coefficient (Wildman–Crippen LogP) is 2.31. The first kappa shape index (κ1) is 12.1. The topological polar surface area (TPSA) is 68.0 Å². The Hall–Kier alpha value is -1.40. The van der Waals surface area contributed by atoms with Gasteiger partial charge < -0.3 is 5.11 Å². The molecular formula is C10H7BrClN3O2. The minimum atomic E-state index is -0.932. The Morgan fingerprint density at radius 2 is 2.29 bits per heavy atom. The molecule has 17 heavy (non-hydrogen) atoms. The number of hydrogen-bond acceptors (Lipinski definition) is 3. The van der Waals surface area contributed by atoms with Crippen molar-refractivity contribution in [2.24, 2.45) is 0 Å². The van der Waals surface area contributed by atoms with Gasteiger partial charge in [-0.2, -0.15) is 0 Å². The van der Waals surface area contributed by atoms with E-state index in [4.69, 9.17) is 16.7 Å². The summed E-state index contributed by atoms with van der Waals surface area (Å²) in [5, 5.41) is 16.9. The maximum atomic E-state index is 10.7. The van der Waals surface area contributed by atoms with Crippen LogP contribution in [0.2, 0.25) is 5.02 Å². The van der Waals surface area contributed by atoms with Gasteiger partial charge in [0.05, 0.1) is 24.0 Å². The molecule has 2 rings (SSSR count). The van der Waals surface area contributed by atoms with Gasteiger partial charge in [0, 0.05) is 9.50 Å². The molecule has 0 bridgehead atoms. The Bertz CT molecular complexity index is 570. The van der Waals surface area contributed by atoms with Gasteiger partial charge in [-0.1, -0.05) is 16.8 Å². The molecule has 2 aromatic rings. The van der Waals surface area contributed by atoms with E-state index in [9.17, 15) is 4.79 Å². The fourth-order valence-corrected chi connectivity index (χ4v) is 2.24. The fourth-order valence-electron chi connectivity index (χ4n) is 1.39. The molecule has 1 heterocycles. The van der Waals surface area contributed by atoms with E-state index in [1.807, 2.05) is 0 Å². The van der Waals surface area contributed by atoms with E-state index >= 15 is 0 Å². The highest BCUT2D eigenvalue weighted by Gasteiger charge is 2.12. The largest absolute Gasteiger partial charge is 0.481 e. The highest BCUT2D eigenvalue weighted by molar-refractivity contribution is 9.10. The number of aromatic nitrogens is 3.